The van der Waals surface area contributed by atoms with Crippen LogP contribution in [0.4, 0.5) is 0 Å². The highest BCUT2D eigenvalue weighted by Crippen LogP contribution is 2.71. The third-order valence-electron chi connectivity index (χ3n) is 11.0. The number of phenols is 1. The van der Waals surface area contributed by atoms with Crippen LogP contribution >= 0.6 is 0 Å². The van der Waals surface area contributed by atoms with E-state index in [1.807, 2.05) is 6.07 Å². The van der Waals surface area contributed by atoms with E-state index in [-0.39, 0.29) is 23.3 Å². The number of rotatable bonds is 5. The van der Waals surface area contributed by atoms with Crippen LogP contribution in [0, 0.1) is 11.3 Å². The van der Waals surface area contributed by atoms with Gasteiger partial charge in [-0.1, -0.05) is 36.4 Å². The second-order valence-electron chi connectivity index (χ2n) is 12.4. The highest BCUT2D eigenvalue weighted by molar-refractivity contribution is 5.63. The number of nitrogens with one attached hydrogen (secondary N) is 1. The molecule has 184 valence electrons. The molecule has 3 saturated carbocycles. The molecule has 2 bridgehead atoms. The lowest BCUT2D eigenvalue weighted by atomic mass is 9.40. The quantitative estimate of drug-likeness (QED) is 0.616. The number of hydrogen-bond acceptors (Lipinski definition) is 5. The molecule has 2 aromatic carbocycles. The average Bonchev–Trinajstić information content (AvgIpc) is 3.59. The van der Waals surface area contributed by atoms with Gasteiger partial charge in [-0.25, -0.2) is 0 Å². The van der Waals surface area contributed by atoms with E-state index in [1.54, 1.807) is 0 Å². The third-order valence-corrected chi connectivity index (χ3v) is 11.0. The Morgan fingerprint density at radius 2 is 1.86 bits per heavy atom. The molecule has 0 radical (unpaired) electrons. The summed E-state index contributed by atoms with van der Waals surface area (Å²) in [4.78, 5) is 2.62. The summed E-state index contributed by atoms with van der Waals surface area (Å²) >= 11 is 0. The third kappa shape index (κ3) is 2.60. The van der Waals surface area contributed by atoms with Crippen molar-refractivity contribution in [3.05, 3.63) is 59.2 Å². The van der Waals surface area contributed by atoms with Gasteiger partial charge in [-0.05, 0) is 81.0 Å². The minimum atomic E-state index is -0.790. The summed E-state index contributed by atoms with van der Waals surface area (Å²) in [6, 6.07) is 15.1. The van der Waals surface area contributed by atoms with Gasteiger partial charge in [0, 0.05) is 36.2 Å². The van der Waals surface area contributed by atoms with Crippen LogP contribution in [0.3, 0.4) is 0 Å². The molecule has 0 unspecified atom stereocenters. The molecule has 0 aromatic heterocycles. The Balaban J connectivity index is 1.20. The Morgan fingerprint density at radius 1 is 1.00 bits per heavy atom. The predicted octanol–water partition coefficient (Wildman–Crippen LogP) is 3.89. The van der Waals surface area contributed by atoms with Crippen LogP contribution in [-0.4, -0.2) is 52.0 Å². The van der Waals surface area contributed by atoms with Crippen LogP contribution in [0.25, 0.3) is 0 Å². The number of hydrogen-bond donors (Lipinski definition) is 3. The van der Waals surface area contributed by atoms with E-state index in [9.17, 15) is 10.2 Å². The molecule has 2 aromatic rings. The van der Waals surface area contributed by atoms with Crippen LogP contribution in [0.1, 0.15) is 61.6 Å². The maximum Gasteiger partial charge on any atom is 0.165 e. The molecule has 5 heteroatoms. The fraction of sp³-hybridized carbons (Fsp3) is 0.600. The van der Waals surface area contributed by atoms with Gasteiger partial charge in [-0.2, -0.15) is 0 Å². The summed E-state index contributed by atoms with van der Waals surface area (Å²) in [5.41, 5.74) is 2.55. The number of aromatic hydroxyl groups is 1. The summed E-state index contributed by atoms with van der Waals surface area (Å²) in [5, 5.41) is 27.5. The number of fused-ring (bicyclic) bond motifs is 1. The summed E-state index contributed by atoms with van der Waals surface area (Å²) in [5.74, 6) is 1.74. The minimum absolute atomic E-state index is 0.00426. The Labute approximate surface area is 207 Å². The van der Waals surface area contributed by atoms with Crippen molar-refractivity contribution in [2.45, 2.75) is 87.1 Å². The largest absolute Gasteiger partial charge is 0.504 e. The highest BCUT2D eigenvalue weighted by atomic mass is 16.5. The Bertz CT molecular complexity index is 1180. The van der Waals surface area contributed by atoms with E-state index in [4.69, 9.17) is 4.74 Å². The zero-order valence-corrected chi connectivity index (χ0v) is 20.4. The van der Waals surface area contributed by atoms with Gasteiger partial charge in [-0.3, -0.25) is 4.90 Å². The highest BCUT2D eigenvalue weighted by Gasteiger charge is 2.77. The molecular formula is C30H36N2O3. The lowest BCUT2D eigenvalue weighted by molar-refractivity contribution is -0.236. The molecular weight excluding hydrogens is 436 g/mol. The van der Waals surface area contributed by atoms with Gasteiger partial charge in [0.05, 0.1) is 11.0 Å². The molecule has 6 atom stereocenters. The second-order valence-corrected chi connectivity index (χ2v) is 12.4. The Morgan fingerprint density at radius 3 is 2.63 bits per heavy atom. The number of ether oxygens (including phenoxy) is 1. The number of aliphatic hydroxyl groups is 1. The monoisotopic (exact) mass is 472 g/mol. The molecule has 1 saturated heterocycles. The van der Waals surface area contributed by atoms with Crippen LogP contribution in [-0.2, 0) is 18.4 Å². The zero-order chi connectivity index (χ0) is 23.4. The molecule has 0 amide bonds. The van der Waals surface area contributed by atoms with Crippen molar-refractivity contribution in [3.63, 3.8) is 0 Å². The molecule has 8 rings (SSSR count). The van der Waals surface area contributed by atoms with E-state index in [0.717, 1.165) is 69.6 Å². The van der Waals surface area contributed by atoms with Crippen molar-refractivity contribution in [1.29, 1.82) is 0 Å². The second kappa shape index (κ2) is 7.02. The SMILES string of the molecule is Oc1ccc2c3c1O[C@H]1[C@@]4(CC[C@@H]4NCc4ccccc4)CC[C@@]4(O)[C@@H](C2)N(CC2CC2)CC[C@]314. The standard InChI is InChI=1S/C30H36N2O3/c33-22-9-8-21-16-24-30(34)13-12-28(11-10-23(28)31-17-19-4-2-1-3-5-19)27-29(30,25(21)26(22)35-27)14-15-32(24)18-20-6-7-20/h1-5,8-9,20,23-24,27,31,33-34H,6-7,10-18H2/t23-,24+,27-,28-,29-,30+/m0/s1. The maximum absolute atomic E-state index is 12.7. The number of piperidine rings is 1. The predicted molar refractivity (Wildman–Crippen MR) is 134 cm³/mol. The number of likely N-dealkylation sites (tertiary alicyclic amines) is 1. The first kappa shape index (κ1) is 21.0. The molecule has 6 aliphatic rings. The first-order valence-corrected chi connectivity index (χ1v) is 13.8. The van der Waals surface area contributed by atoms with Crippen LogP contribution < -0.4 is 10.1 Å². The molecule has 2 aliphatic heterocycles. The smallest absolute Gasteiger partial charge is 0.165 e. The first-order chi connectivity index (χ1) is 17.1. The minimum Gasteiger partial charge on any atom is -0.504 e. The molecule has 35 heavy (non-hydrogen) atoms. The number of benzene rings is 2. The van der Waals surface area contributed by atoms with E-state index < -0.39 is 11.0 Å². The molecule has 4 fully saturated rings. The van der Waals surface area contributed by atoms with Crippen molar-refractivity contribution in [2.24, 2.45) is 11.3 Å². The fourth-order valence-corrected chi connectivity index (χ4v) is 9.06. The van der Waals surface area contributed by atoms with Gasteiger partial charge >= 0.3 is 0 Å². The van der Waals surface area contributed by atoms with Gasteiger partial charge < -0.3 is 20.3 Å². The van der Waals surface area contributed by atoms with E-state index in [1.165, 1.54) is 24.0 Å². The van der Waals surface area contributed by atoms with E-state index in [0.29, 0.717) is 11.8 Å². The fourth-order valence-electron chi connectivity index (χ4n) is 9.06. The Kier molecular flexibility index (Phi) is 4.22. The van der Waals surface area contributed by atoms with E-state index >= 15 is 0 Å². The number of nitrogens with zero attached hydrogens (tertiary/aromatic N) is 1. The van der Waals surface area contributed by atoms with Gasteiger partial charge in [0.1, 0.15) is 6.10 Å². The van der Waals surface area contributed by atoms with Crippen LogP contribution in [0.2, 0.25) is 0 Å². The maximum atomic E-state index is 12.7. The van der Waals surface area contributed by atoms with Crippen molar-refractivity contribution < 1.29 is 14.9 Å². The van der Waals surface area contributed by atoms with Crippen molar-refractivity contribution >= 4 is 0 Å². The van der Waals surface area contributed by atoms with Gasteiger partial charge in [0.2, 0.25) is 0 Å². The molecule has 3 N–H and O–H groups in total. The van der Waals surface area contributed by atoms with Crippen LogP contribution in [0.5, 0.6) is 11.5 Å². The summed E-state index contributed by atoms with van der Waals surface area (Å²) in [7, 11) is 0. The van der Waals surface area contributed by atoms with Gasteiger partial charge in [0.15, 0.2) is 11.5 Å². The van der Waals surface area contributed by atoms with Crippen molar-refractivity contribution in [3.8, 4) is 11.5 Å². The topological polar surface area (TPSA) is 65.0 Å². The Hall–Kier alpha value is -2.08. The summed E-state index contributed by atoms with van der Waals surface area (Å²) < 4.78 is 6.87. The van der Waals surface area contributed by atoms with Crippen LogP contribution in [0.15, 0.2) is 42.5 Å². The van der Waals surface area contributed by atoms with Gasteiger partial charge in [0.25, 0.3) is 0 Å². The average molecular weight is 473 g/mol. The molecule has 4 aliphatic carbocycles. The van der Waals surface area contributed by atoms with Gasteiger partial charge in [-0.15, -0.1) is 0 Å². The number of phenolic OH excluding ortho intramolecular Hbond substituents is 1. The molecule has 5 nitrogen and oxygen atoms in total. The normalized spacial score (nSPS) is 40.8. The zero-order valence-electron chi connectivity index (χ0n) is 20.4. The first-order valence-electron chi connectivity index (χ1n) is 13.8. The lowest BCUT2D eigenvalue weighted by Crippen LogP contribution is -2.80. The summed E-state index contributed by atoms with van der Waals surface area (Å²) in [6.45, 7) is 3.01. The molecule has 2 heterocycles. The lowest BCUT2D eigenvalue weighted by Gasteiger charge is -2.69. The van der Waals surface area contributed by atoms with Crippen molar-refractivity contribution in [2.75, 3.05) is 13.1 Å². The summed E-state index contributed by atoms with van der Waals surface area (Å²) in [6.07, 6.45) is 8.48. The molecule has 2 spiro atoms. The van der Waals surface area contributed by atoms with Crippen molar-refractivity contribution in [1.82, 2.24) is 10.2 Å². The van der Waals surface area contributed by atoms with E-state index in [2.05, 4.69) is 46.6 Å².